The number of carbonyl (C=O) groups is 3. The fraction of sp³-hybridized carbons (Fsp3) is 0.235. The third-order valence-electron chi connectivity index (χ3n) is 3.19. The molecular weight excluding hydrogens is 347 g/mol. The minimum Gasteiger partial charge on any atom is -0.454 e. The Morgan fingerprint density at radius 3 is 2.72 bits per heavy atom. The topological polar surface area (TPSA) is 84.5 Å². The first kappa shape index (κ1) is 18.6. The highest BCUT2D eigenvalue weighted by molar-refractivity contribution is 7.10. The van der Waals surface area contributed by atoms with E-state index >= 15 is 0 Å². The van der Waals surface area contributed by atoms with Crippen LogP contribution in [0.25, 0.3) is 0 Å². The van der Waals surface area contributed by atoms with Crippen molar-refractivity contribution in [1.29, 1.82) is 0 Å². The molecule has 0 radical (unpaired) electrons. The zero-order valence-electron chi connectivity index (χ0n) is 13.5. The van der Waals surface area contributed by atoms with Gasteiger partial charge in [-0.25, -0.2) is 4.39 Å². The van der Waals surface area contributed by atoms with Crippen LogP contribution in [0.1, 0.15) is 28.2 Å². The highest BCUT2D eigenvalue weighted by Gasteiger charge is 2.13. The van der Waals surface area contributed by atoms with E-state index in [4.69, 9.17) is 4.74 Å². The van der Waals surface area contributed by atoms with Gasteiger partial charge in [0.2, 0.25) is 0 Å². The van der Waals surface area contributed by atoms with Crippen molar-refractivity contribution in [2.24, 2.45) is 0 Å². The van der Waals surface area contributed by atoms with Gasteiger partial charge < -0.3 is 15.4 Å². The second-order valence-corrected chi connectivity index (χ2v) is 6.14. The number of nitrogens with one attached hydrogen (secondary N) is 2. The molecule has 0 saturated carbocycles. The van der Waals surface area contributed by atoms with E-state index in [9.17, 15) is 18.8 Å². The Labute approximate surface area is 148 Å². The van der Waals surface area contributed by atoms with Gasteiger partial charge in [0.1, 0.15) is 12.4 Å². The van der Waals surface area contributed by atoms with E-state index in [0.717, 1.165) is 10.9 Å². The monoisotopic (exact) mass is 364 g/mol. The number of hydrogen-bond acceptors (Lipinski definition) is 5. The summed E-state index contributed by atoms with van der Waals surface area (Å²) in [5.74, 6) is -2.35. The lowest BCUT2D eigenvalue weighted by Crippen LogP contribution is -2.34. The smallest absolute Gasteiger partial charge is 0.325 e. The van der Waals surface area contributed by atoms with Crippen molar-refractivity contribution in [3.63, 3.8) is 0 Å². The van der Waals surface area contributed by atoms with Gasteiger partial charge >= 0.3 is 5.97 Å². The van der Waals surface area contributed by atoms with Crippen LogP contribution >= 0.6 is 11.3 Å². The molecule has 0 aliphatic heterocycles. The summed E-state index contributed by atoms with van der Waals surface area (Å²) in [6, 6.07) is 8.66. The fourth-order valence-corrected chi connectivity index (χ4v) is 2.71. The van der Waals surface area contributed by atoms with Crippen LogP contribution in [0.15, 0.2) is 41.8 Å². The largest absolute Gasteiger partial charge is 0.454 e. The van der Waals surface area contributed by atoms with Crippen molar-refractivity contribution in [1.82, 2.24) is 10.6 Å². The minimum atomic E-state index is -0.760. The van der Waals surface area contributed by atoms with Gasteiger partial charge in [-0.1, -0.05) is 12.1 Å². The highest BCUT2D eigenvalue weighted by Crippen LogP contribution is 2.17. The molecule has 1 aromatic carbocycles. The highest BCUT2D eigenvalue weighted by atomic mass is 32.1. The quantitative estimate of drug-likeness (QED) is 0.737. The first-order valence-electron chi connectivity index (χ1n) is 7.48. The number of hydrogen-bond donors (Lipinski definition) is 2. The van der Waals surface area contributed by atoms with Gasteiger partial charge in [-0.2, -0.15) is 0 Å². The first-order chi connectivity index (χ1) is 12.0. The molecule has 132 valence electrons. The molecular formula is C17H17FN2O4S. The molecule has 0 spiro atoms. The maximum atomic E-state index is 13.0. The number of esters is 1. The van der Waals surface area contributed by atoms with Crippen molar-refractivity contribution < 1.29 is 23.5 Å². The number of thiophene rings is 1. The lowest BCUT2D eigenvalue weighted by molar-refractivity contribution is -0.147. The van der Waals surface area contributed by atoms with E-state index < -0.39 is 36.8 Å². The van der Waals surface area contributed by atoms with Gasteiger partial charge in [-0.15, -0.1) is 11.3 Å². The molecule has 8 heteroatoms. The summed E-state index contributed by atoms with van der Waals surface area (Å²) in [7, 11) is 0. The van der Waals surface area contributed by atoms with Crippen LogP contribution in [-0.2, 0) is 14.3 Å². The van der Waals surface area contributed by atoms with Crippen LogP contribution in [0.3, 0.4) is 0 Å². The fourth-order valence-electron chi connectivity index (χ4n) is 1.97. The van der Waals surface area contributed by atoms with E-state index in [1.54, 1.807) is 0 Å². The van der Waals surface area contributed by atoms with E-state index in [2.05, 4.69) is 10.6 Å². The third-order valence-corrected chi connectivity index (χ3v) is 4.25. The van der Waals surface area contributed by atoms with Crippen LogP contribution in [0, 0.1) is 5.82 Å². The molecule has 2 N–H and O–H groups in total. The molecule has 2 aromatic rings. The zero-order valence-corrected chi connectivity index (χ0v) is 14.3. The SMILES string of the molecule is C[C@@H](NC(=O)COC(=O)CNC(=O)c1cccc(F)c1)c1cccs1. The second-order valence-electron chi connectivity index (χ2n) is 5.16. The molecule has 2 rings (SSSR count). The predicted molar refractivity (Wildman–Crippen MR) is 90.6 cm³/mol. The van der Waals surface area contributed by atoms with Gasteiger partial charge in [0.05, 0.1) is 6.04 Å². The van der Waals surface area contributed by atoms with Crippen LogP contribution in [0.4, 0.5) is 4.39 Å². The van der Waals surface area contributed by atoms with E-state index in [-0.39, 0.29) is 11.6 Å². The van der Waals surface area contributed by atoms with Crippen molar-refractivity contribution in [2.75, 3.05) is 13.2 Å². The Morgan fingerprint density at radius 2 is 2.04 bits per heavy atom. The molecule has 0 bridgehead atoms. The molecule has 0 aliphatic carbocycles. The number of amides is 2. The molecule has 0 fully saturated rings. The molecule has 2 amide bonds. The second kappa shape index (κ2) is 8.93. The van der Waals surface area contributed by atoms with E-state index in [1.165, 1.54) is 29.5 Å². The summed E-state index contributed by atoms with van der Waals surface area (Å²) in [4.78, 5) is 36.1. The van der Waals surface area contributed by atoms with Crippen LogP contribution < -0.4 is 10.6 Å². The summed E-state index contributed by atoms with van der Waals surface area (Å²) in [6.07, 6.45) is 0. The number of benzene rings is 1. The Morgan fingerprint density at radius 1 is 1.24 bits per heavy atom. The standard InChI is InChI=1S/C17H17FN2O4S/c1-11(14-6-3-7-25-14)20-15(21)10-24-16(22)9-19-17(23)12-4-2-5-13(18)8-12/h2-8,11H,9-10H2,1H3,(H,19,23)(H,20,21)/t11-/m1/s1. The lowest BCUT2D eigenvalue weighted by atomic mass is 10.2. The Hall–Kier alpha value is -2.74. The number of rotatable bonds is 7. The normalized spacial score (nSPS) is 11.4. The lowest BCUT2D eigenvalue weighted by Gasteiger charge is -2.12. The molecule has 0 saturated heterocycles. The van der Waals surface area contributed by atoms with Gasteiger partial charge in [-0.05, 0) is 36.6 Å². The summed E-state index contributed by atoms with van der Waals surface area (Å²) < 4.78 is 17.8. The number of ether oxygens (including phenoxy) is 1. The summed E-state index contributed by atoms with van der Waals surface area (Å²) in [5, 5.41) is 6.90. The van der Waals surface area contributed by atoms with Crippen LogP contribution in [0.5, 0.6) is 0 Å². The van der Waals surface area contributed by atoms with Crippen molar-refractivity contribution in [3.8, 4) is 0 Å². The van der Waals surface area contributed by atoms with Crippen LogP contribution in [-0.4, -0.2) is 30.9 Å². The molecule has 1 heterocycles. The van der Waals surface area contributed by atoms with Crippen molar-refractivity contribution in [2.45, 2.75) is 13.0 Å². The molecule has 25 heavy (non-hydrogen) atoms. The maximum Gasteiger partial charge on any atom is 0.325 e. The maximum absolute atomic E-state index is 13.0. The van der Waals surface area contributed by atoms with Crippen LogP contribution in [0.2, 0.25) is 0 Å². The molecule has 1 aromatic heterocycles. The predicted octanol–water partition coefficient (Wildman–Crippen LogP) is 2.04. The van der Waals surface area contributed by atoms with E-state index in [0.29, 0.717) is 0 Å². The summed E-state index contributed by atoms with van der Waals surface area (Å²) in [6.45, 7) is 0.970. The number of carbonyl (C=O) groups excluding carboxylic acids is 3. The van der Waals surface area contributed by atoms with Crippen molar-refractivity contribution in [3.05, 3.63) is 58.0 Å². The van der Waals surface area contributed by atoms with Crippen molar-refractivity contribution >= 4 is 29.1 Å². The molecule has 1 atom stereocenters. The molecule has 6 nitrogen and oxygen atoms in total. The summed E-state index contributed by atoms with van der Waals surface area (Å²) >= 11 is 1.51. The Balaban J connectivity index is 1.70. The van der Waals surface area contributed by atoms with Gasteiger partial charge in [0, 0.05) is 10.4 Å². The molecule has 0 aliphatic rings. The minimum absolute atomic E-state index is 0.0929. The zero-order chi connectivity index (χ0) is 18.2. The Bertz CT molecular complexity index is 749. The Kier molecular flexibility index (Phi) is 6.64. The van der Waals surface area contributed by atoms with Gasteiger partial charge in [-0.3, -0.25) is 14.4 Å². The average molecular weight is 364 g/mol. The molecule has 0 unspecified atom stereocenters. The number of halogens is 1. The van der Waals surface area contributed by atoms with Gasteiger partial charge in [0.15, 0.2) is 6.61 Å². The van der Waals surface area contributed by atoms with E-state index in [1.807, 2.05) is 24.4 Å². The first-order valence-corrected chi connectivity index (χ1v) is 8.36. The third kappa shape index (κ3) is 6.00. The van der Waals surface area contributed by atoms with Gasteiger partial charge in [0.25, 0.3) is 11.8 Å². The summed E-state index contributed by atoms with van der Waals surface area (Å²) in [5.41, 5.74) is 0.0929. The average Bonchev–Trinajstić information content (AvgIpc) is 3.12.